The Hall–Kier alpha value is -4.00. The quantitative estimate of drug-likeness (QED) is 0.400. The van der Waals surface area contributed by atoms with Crippen LogP contribution in [-0.4, -0.2) is 20.8 Å². The zero-order valence-electron chi connectivity index (χ0n) is 15.0. The van der Waals surface area contributed by atoms with Crippen molar-refractivity contribution < 1.29 is 9.72 Å². The molecule has 7 heteroatoms. The van der Waals surface area contributed by atoms with E-state index in [2.05, 4.69) is 15.3 Å². The Morgan fingerprint density at radius 3 is 2.64 bits per heavy atom. The van der Waals surface area contributed by atoms with Gasteiger partial charge < -0.3 is 10.3 Å². The van der Waals surface area contributed by atoms with E-state index in [0.29, 0.717) is 22.6 Å². The number of H-pyrrole nitrogens is 1. The Labute approximate surface area is 160 Å². The summed E-state index contributed by atoms with van der Waals surface area (Å²) in [5.74, 6) is 0.378. The standard InChI is InChI=1S/C21H16N4O3/c1-13-11-15(9-10-19(13)25(27)28)21(26)22-16-6-4-5-14(12-16)20-23-17-7-2-3-8-18(17)24-20/h2-12H,1H3,(H,22,26)(H,23,24). The number of carbonyl (C=O) groups is 1. The molecule has 7 nitrogen and oxygen atoms in total. The van der Waals surface area contributed by atoms with Crippen LogP contribution >= 0.6 is 0 Å². The second-order valence-corrected chi connectivity index (χ2v) is 6.40. The van der Waals surface area contributed by atoms with Gasteiger partial charge in [-0.05, 0) is 43.3 Å². The number of nitrogens with one attached hydrogen (secondary N) is 2. The Balaban J connectivity index is 1.59. The molecule has 0 bridgehead atoms. The number of carbonyl (C=O) groups excluding carboxylic acids is 1. The average molecular weight is 372 g/mol. The largest absolute Gasteiger partial charge is 0.338 e. The maximum Gasteiger partial charge on any atom is 0.272 e. The highest BCUT2D eigenvalue weighted by atomic mass is 16.6. The van der Waals surface area contributed by atoms with Crippen molar-refractivity contribution in [1.82, 2.24) is 9.97 Å². The van der Waals surface area contributed by atoms with E-state index in [-0.39, 0.29) is 11.6 Å². The molecule has 0 radical (unpaired) electrons. The van der Waals surface area contributed by atoms with Crippen LogP contribution in [0.2, 0.25) is 0 Å². The van der Waals surface area contributed by atoms with Crippen LogP contribution in [0.3, 0.4) is 0 Å². The molecule has 28 heavy (non-hydrogen) atoms. The number of imidazole rings is 1. The van der Waals surface area contributed by atoms with Crippen LogP contribution in [0.4, 0.5) is 11.4 Å². The molecule has 0 aliphatic rings. The highest BCUT2D eigenvalue weighted by molar-refractivity contribution is 6.04. The molecule has 0 spiro atoms. The van der Waals surface area contributed by atoms with E-state index < -0.39 is 4.92 Å². The van der Waals surface area contributed by atoms with Crippen LogP contribution in [0.25, 0.3) is 22.4 Å². The lowest BCUT2D eigenvalue weighted by molar-refractivity contribution is -0.385. The second-order valence-electron chi connectivity index (χ2n) is 6.40. The van der Waals surface area contributed by atoms with Crippen molar-refractivity contribution in [2.24, 2.45) is 0 Å². The van der Waals surface area contributed by atoms with Crippen LogP contribution in [-0.2, 0) is 0 Å². The predicted molar refractivity (Wildman–Crippen MR) is 107 cm³/mol. The number of nitrogens with zero attached hydrogens (tertiary/aromatic N) is 2. The van der Waals surface area contributed by atoms with Crippen molar-refractivity contribution in [3.63, 3.8) is 0 Å². The van der Waals surface area contributed by atoms with E-state index in [1.807, 2.05) is 42.5 Å². The highest BCUT2D eigenvalue weighted by Gasteiger charge is 2.14. The minimum Gasteiger partial charge on any atom is -0.338 e. The van der Waals surface area contributed by atoms with Gasteiger partial charge in [0.2, 0.25) is 0 Å². The number of benzene rings is 3. The molecule has 1 amide bonds. The van der Waals surface area contributed by atoms with Gasteiger partial charge in [-0.25, -0.2) is 4.98 Å². The number of anilines is 1. The first-order chi connectivity index (χ1) is 13.5. The lowest BCUT2D eigenvalue weighted by Gasteiger charge is -2.07. The summed E-state index contributed by atoms with van der Waals surface area (Å²) >= 11 is 0. The van der Waals surface area contributed by atoms with Crippen LogP contribution in [0.1, 0.15) is 15.9 Å². The second kappa shape index (κ2) is 6.96. The molecule has 0 atom stereocenters. The summed E-state index contributed by atoms with van der Waals surface area (Å²) in [6.45, 7) is 1.61. The van der Waals surface area contributed by atoms with Crippen molar-refractivity contribution in [1.29, 1.82) is 0 Å². The normalized spacial score (nSPS) is 10.8. The molecule has 4 rings (SSSR count). The number of amides is 1. The third-order valence-electron chi connectivity index (χ3n) is 4.44. The van der Waals surface area contributed by atoms with E-state index in [4.69, 9.17) is 0 Å². The maximum absolute atomic E-state index is 12.5. The molecular formula is C21H16N4O3. The van der Waals surface area contributed by atoms with Crippen molar-refractivity contribution in [2.45, 2.75) is 6.92 Å². The van der Waals surface area contributed by atoms with Gasteiger partial charge in [0.1, 0.15) is 5.82 Å². The fourth-order valence-electron chi connectivity index (χ4n) is 3.04. The fourth-order valence-corrected chi connectivity index (χ4v) is 3.04. The van der Waals surface area contributed by atoms with E-state index in [1.165, 1.54) is 18.2 Å². The summed E-state index contributed by atoms with van der Waals surface area (Å²) in [6, 6.07) is 19.4. The third-order valence-corrected chi connectivity index (χ3v) is 4.44. The van der Waals surface area contributed by atoms with Gasteiger partial charge in [0.25, 0.3) is 11.6 Å². The van der Waals surface area contributed by atoms with Crippen molar-refractivity contribution in [3.8, 4) is 11.4 Å². The van der Waals surface area contributed by atoms with Gasteiger partial charge in [0, 0.05) is 28.4 Å². The molecule has 138 valence electrons. The Kier molecular flexibility index (Phi) is 4.33. The summed E-state index contributed by atoms with van der Waals surface area (Å²) in [6.07, 6.45) is 0. The molecular weight excluding hydrogens is 356 g/mol. The van der Waals surface area contributed by atoms with Gasteiger partial charge in [-0.3, -0.25) is 14.9 Å². The van der Waals surface area contributed by atoms with Gasteiger partial charge in [-0.1, -0.05) is 24.3 Å². The molecule has 0 unspecified atom stereocenters. The van der Waals surface area contributed by atoms with Gasteiger partial charge >= 0.3 is 0 Å². The molecule has 4 aromatic rings. The Morgan fingerprint density at radius 1 is 1.07 bits per heavy atom. The summed E-state index contributed by atoms with van der Waals surface area (Å²) < 4.78 is 0. The number of fused-ring (bicyclic) bond motifs is 1. The fraction of sp³-hybridized carbons (Fsp3) is 0.0476. The molecule has 0 saturated heterocycles. The lowest BCUT2D eigenvalue weighted by Crippen LogP contribution is -2.12. The SMILES string of the molecule is Cc1cc(C(=O)Nc2cccc(-c3nc4ccccc4[nH]3)c2)ccc1[N+](=O)[O-]. The van der Waals surface area contributed by atoms with Gasteiger partial charge in [-0.2, -0.15) is 0 Å². The summed E-state index contributed by atoms with van der Waals surface area (Å²) in [5, 5.41) is 13.8. The number of hydrogen-bond donors (Lipinski definition) is 2. The van der Waals surface area contributed by atoms with Crippen molar-refractivity contribution in [3.05, 3.63) is 88.0 Å². The summed E-state index contributed by atoms with van der Waals surface area (Å²) in [5.41, 5.74) is 4.05. The Bertz CT molecular complexity index is 1180. The monoisotopic (exact) mass is 372 g/mol. The average Bonchev–Trinajstić information content (AvgIpc) is 3.12. The van der Waals surface area contributed by atoms with E-state index in [9.17, 15) is 14.9 Å². The number of aromatic nitrogens is 2. The molecule has 3 aromatic carbocycles. The summed E-state index contributed by atoms with van der Waals surface area (Å²) in [4.78, 5) is 30.8. The first-order valence-electron chi connectivity index (χ1n) is 8.63. The van der Waals surface area contributed by atoms with Crippen LogP contribution in [0.15, 0.2) is 66.7 Å². The van der Waals surface area contributed by atoms with Crippen molar-refractivity contribution in [2.75, 3.05) is 5.32 Å². The summed E-state index contributed by atoms with van der Waals surface area (Å²) in [7, 11) is 0. The first-order valence-corrected chi connectivity index (χ1v) is 8.63. The zero-order chi connectivity index (χ0) is 19.7. The molecule has 2 N–H and O–H groups in total. The van der Waals surface area contributed by atoms with E-state index in [0.717, 1.165) is 16.6 Å². The number of aryl methyl sites for hydroxylation is 1. The van der Waals surface area contributed by atoms with Crippen LogP contribution in [0.5, 0.6) is 0 Å². The van der Waals surface area contributed by atoms with Gasteiger partial charge in [-0.15, -0.1) is 0 Å². The first kappa shape index (κ1) is 17.4. The number of aromatic amines is 1. The number of nitro benzene ring substituents is 1. The molecule has 0 aliphatic heterocycles. The maximum atomic E-state index is 12.5. The molecule has 0 saturated carbocycles. The molecule has 1 heterocycles. The molecule has 1 aromatic heterocycles. The third kappa shape index (κ3) is 3.33. The number of nitro groups is 1. The number of rotatable bonds is 4. The minimum atomic E-state index is -0.464. The zero-order valence-corrected chi connectivity index (χ0v) is 15.0. The van der Waals surface area contributed by atoms with Gasteiger partial charge in [0.05, 0.1) is 16.0 Å². The minimum absolute atomic E-state index is 0.0107. The van der Waals surface area contributed by atoms with Crippen LogP contribution in [0, 0.1) is 17.0 Å². The number of hydrogen-bond acceptors (Lipinski definition) is 4. The van der Waals surface area contributed by atoms with Crippen LogP contribution < -0.4 is 5.32 Å². The van der Waals surface area contributed by atoms with Gasteiger partial charge in [0.15, 0.2) is 0 Å². The number of para-hydroxylation sites is 2. The smallest absolute Gasteiger partial charge is 0.272 e. The highest BCUT2D eigenvalue weighted by Crippen LogP contribution is 2.24. The topological polar surface area (TPSA) is 101 Å². The predicted octanol–water partition coefficient (Wildman–Crippen LogP) is 4.70. The molecule has 0 aliphatic carbocycles. The molecule has 0 fully saturated rings. The van der Waals surface area contributed by atoms with E-state index >= 15 is 0 Å². The van der Waals surface area contributed by atoms with E-state index in [1.54, 1.807) is 13.0 Å². The van der Waals surface area contributed by atoms with Crippen molar-refractivity contribution >= 4 is 28.3 Å². The Morgan fingerprint density at radius 2 is 1.89 bits per heavy atom. The lowest BCUT2D eigenvalue weighted by atomic mass is 10.1.